The van der Waals surface area contributed by atoms with Crippen LogP contribution in [0.2, 0.25) is 0 Å². The molecule has 0 bridgehead atoms. The summed E-state index contributed by atoms with van der Waals surface area (Å²) in [5, 5.41) is 9.13. The van der Waals surface area contributed by atoms with E-state index in [1.54, 1.807) is 38.6 Å². The van der Waals surface area contributed by atoms with E-state index in [1.807, 2.05) is 19.0 Å². The number of nitrogens with zero attached hydrogens (tertiary/aromatic N) is 2. The molecule has 4 nitrogen and oxygen atoms in total. The number of methoxy groups -OCH3 is 2. The van der Waals surface area contributed by atoms with E-state index < -0.39 is 0 Å². The van der Waals surface area contributed by atoms with Crippen LogP contribution < -0.4 is 9.47 Å². The Bertz CT molecular complexity index is 437. The highest BCUT2D eigenvalue weighted by molar-refractivity contribution is 5.77. The molecule has 1 aromatic rings. The molecule has 0 atom stereocenters. The fourth-order valence-electron chi connectivity index (χ4n) is 1.39. The quantitative estimate of drug-likeness (QED) is 0.746. The van der Waals surface area contributed by atoms with Crippen molar-refractivity contribution in [2.45, 2.75) is 0 Å². The van der Waals surface area contributed by atoms with Crippen molar-refractivity contribution >= 4 is 5.57 Å². The SMILES string of the molecule is COc1cc(OC)cc(C(C#N)=CN(C)C)c1. The summed E-state index contributed by atoms with van der Waals surface area (Å²) in [6, 6.07) is 7.55. The normalized spacial score (nSPS) is 10.6. The first-order chi connectivity index (χ1) is 8.10. The third-order valence-electron chi connectivity index (χ3n) is 2.17. The van der Waals surface area contributed by atoms with Crippen molar-refractivity contribution in [3.8, 4) is 17.6 Å². The molecule has 17 heavy (non-hydrogen) atoms. The van der Waals surface area contributed by atoms with E-state index in [9.17, 15) is 0 Å². The fourth-order valence-corrected chi connectivity index (χ4v) is 1.39. The molecule has 0 aliphatic carbocycles. The van der Waals surface area contributed by atoms with Crippen molar-refractivity contribution in [3.63, 3.8) is 0 Å². The molecule has 1 rings (SSSR count). The van der Waals surface area contributed by atoms with Crippen molar-refractivity contribution in [3.05, 3.63) is 30.0 Å². The summed E-state index contributed by atoms with van der Waals surface area (Å²) in [7, 11) is 6.91. The summed E-state index contributed by atoms with van der Waals surface area (Å²) in [5.74, 6) is 1.33. The first-order valence-electron chi connectivity index (χ1n) is 5.12. The molecule has 0 aromatic heterocycles. The summed E-state index contributed by atoms with van der Waals surface area (Å²) in [5.41, 5.74) is 1.34. The monoisotopic (exact) mass is 232 g/mol. The Morgan fingerprint density at radius 2 is 1.71 bits per heavy atom. The van der Waals surface area contributed by atoms with E-state index >= 15 is 0 Å². The predicted molar refractivity (Wildman–Crippen MR) is 66.8 cm³/mol. The maximum Gasteiger partial charge on any atom is 0.123 e. The number of rotatable bonds is 4. The summed E-state index contributed by atoms with van der Waals surface area (Å²) in [6.07, 6.45) is 1.76. The van der Waals surface area contributed by atoms with Gasteiger partial charge in [-0.3, -0.25) is 0 Å². The van der Waals surface area contributed by atoms with Crippen LogP contribution in [0, 0.1) is 11.3 Å². The molecular formula is C13H16N2O2. The van der Waals surface area contributed by atoms with Gasteiger partial charge in [0, 0.05) is 31.9 Å². The number of ether oxygens (including phenoxy) is 2. The second kappa shape index (κ2) is 5.80. The smallest absolute Gasteiger partial charge is 0.123 e. The molecule has 0 aliphatic rings. The van der Waals surface area contributed by atoms with Crippen LogP contribution in [0.25, 0.3) is 5.57 Å². The zero-order chi connectivity index (χ0) is 12.8. The van der Waals surface area contributed by atoms with Crippen LogP contribution in [0.4, 0.5) is 0 Å². The Balaban J connectivity index is 3.25. The van der Waals surface area contributed by atoms with Crippen LogP contribution in [0.3, 0.4) is 0 Å². The van der Waals surface area contributed by atoms with Crippen LogP contribution in [0.1, 0.15) is 5.56 Å². The Morgan fingerprint density at radius 1 is 1.18 bits per heavy atom. The van der Waals surface area contributed by atoms with Gasteiger partial charge in [0.2, 0.25) is 0 Å². The van der Waals surface area contributed by atoms with Gasteiger partial charge in [-0.2, -0.15) is 5.26 Å². The van der Waals surface area contributed by atoms with Gasteiger partial charge in [-0.1, -0.05) is 0 Å². The molecule has 0 unspecified atom stereocenters. The van der Waals surface area contributed by atoms with Crippen LogP contribution in [-0.4, -0.2) is 33.2 Å². The van der Waals surface area contributed by atoms with Gasteiger partial charge in [0.1, 0.15) is 17.6 Å². The molecule has 0 heterocycles. The van der Waals surface area contributed by atoms with Crippen molar-refractivity contribution in [2.24, 2.45) is 0 Å². The molecule has 0 saturated heterocycles. The zero-order valence-electron chi connectivity index (χ0n) is 10.5. The Labute approximate surface area is 102 Å². The molecule has 0 saturated carbocycles. The Hall–Kier alpha value is -2.15. The van der Waals surface area contributed by atoms with Crippen LogP contribution in [-0.2, 0) is 0 Å². The van der Waals surface area contributed by atoms with Crippen LogP contribution >= 0.6 is 0 Å². The third-order valence-corrected chi connectivity index (χ3v) is 2.17. The highest BCUT2D eigenvalue weighted by Gasteiger charge is 2.06. The molecule has 1 aromatic carbocycles. The maximum atomic E-state index is 9.13. The third kappa shape index (κ3) is 3.42. The number of hydrogen-bond donors (Lipinski definition) is 0. The summed E-state index contributed by atoms with van der Waals surface area (Å²) < 4.78 is 10.3. The van der Waals surface area contributed by atoms with E-state index in [0.717, 1.165) is 5.56 Å². The predicted octanol–water partition coefficient (Wildman–Crippen LogP) is 2.13. The highest BCUT2D eigenvalue weighted by Crippen LogP contribution is 2.26. The van der Waals surface area contributed by atoms with Gasteiger partial charge in [0.05, 0.1) is 19.8 Å². The van der Waals surface area contributed by atoms with Gasteiger partial charge in [-0.15, -0.1) is 0 Å². The first kappa shape index (κ1) is 12.9. The lowest BCUT2D eigenvalue weighted by Gasteiger charge is -2.10. The summed E-state index contributed by atoms with van der Waals surface area (Å²) >= 11 is 0. The molecule has 0 radical (unpaired) electrons. The minimum absolute atomic E-state index is 0.562. The van der Waals surface area contributed by atoms with Gasteiger partial charge < -0.3 is 14.4 Å². The molecule has 90 valence electrons. The second-order valence-corrected chi connectivity index (χ2v) is 3.72. The van der Waals surface area contributed by atoms with Crippen molar-refractivity contribution in [1.82, 2.24) is 4.90 Å². The van der Waals surface area contributed by atoms with Crippen LogP contribution in [0.5, 0.6) is 11.5 Å². The average Bonchev–Trinajstić information content (AvgIpc) is 2.34. The number of nitriles is 1. The van der Waals surface area contributed by atoms with Gasteiger partial charge in [-0.25, -0.2) is 0 Å². The highest BCUT2D eigenvalue weighted by atomic mass is 16.5. The number of benzene rings is 1. The molecule has 0 fully saturated rings. The topological polar surface area (TPSA) is 45.5 Å². The van der Waals surface area contributed by atoms with E-state index in [-0.39, 0.29) is 0 Å². The van der Waals surface area contributed by atoms with Gasteiger partial charge in [0.25, 0.3) is 0 Å². The van der Waals surface area contributed by atoms with Gasteiger partial charge >= 0.3 is 0 Å². The molecular weight excluding hydrogens is 216 g/mol. The number of hydrogen-bond acceptors (Lipinski definition) is 4. The standard InChI is InChI=1S/C13H16N2O2/c1-15(2)9-11(8-14)10-5-12(16-3)7-13(6-10)17-4/h5-7,9H,1-4H3. The lowest BCUT2D eigenvalue weighted by atomic mass is 10.1. The van der Waals surface area contributed by atoms with E-state index in [0.29, 0.717) is 17.1 Å². The molecule has 0 spiro atoms. The molecule has 0 aliphatic heterocycles. The largest absolute Gasteiger partial charge is 0.497 e. The lowest BCUT2D eigenvalue weighted by molar-refractivity contribution is 0.394. The second-order valence-electron chi connectivity index (χ2n) is 3.72. The Morgan fingerprint density at radius 3 is 2.06 bits per heavy atom. The average molecular weight is 232 g/mol. The molecule has 4 heteroatoms. The minimum atomic E-state index is 0.562. The van der Waals surface area contributed by atoms with E-state index in [1.165, 1.54) is 0 Å². The minimum Gasteiger partial charge on any atom is -0.497 e. The van der Waals surface area contributed by atoms with Crippen molar-refractivity contribution < 1.29 is 9.47 Å². The fraction of sp³-hybridized carbons (Fsp3) is 0.308. The Kier molecular flexibility index (Phi) is 4.41. The molecule has 0 amide bonds. The zero-order valence-corrected chi connectivity index (χ0v) is 10.5. The molecule has 0 N–H and O–H groups in total. The maximum absolute atomic E-state index is 9.13. The summed E-state index contributed by atoms with van der Waals surface area (Å²) in [6.45, 7) is 0. The van der Waals surface area contributed by atoms with Gasteiger partial charge in [0.15, 0.2) is 0 Å². The summed E-state index contributed by atoms with van der Waals surface area (Å²) in [4.78, 5) is 1.82. The first-order valence-corrected chi connectivity index (χ1v) is 5.12. The van der Waals surface area contributed by atoms with Crippen molar-refractivity contribution in [1.29, 1.82) is 5.26 Å². The van der Waals surface area contributed by atoms with Gasteiger partial charge in [-0.05, 0) is 12.1 Å². The number of allylic oxidation sites excluding steroid dienone is 1. The van der Waals surface area contributed by atoms with E-state index in [2.05, 4.69) is 6.07 Å². The van der Waals surface area contributed by atoms with Crippen molar-refractivity contribution in [2.75, 3.05) is 28.3 Å². The van der Waals surface area contributed by atoms with Crippen LogP contribution in [0.15, 0.2) is 24.4 Å². The lowest BCUT2D eigenvalue weighted by Crippen LogP contribution is -2.02. The van der Waals surface area contributed by atoms with E-state index in [4.69, 9.17) is 14.7 Å².